The zero-order valence-electron chi connectivity index (χ0n) is 16.1. The van der Waals surface area contributed by atoms with Crippen LogP contribution >= 0.6 is 0 Å². The van der Waals surface area contributed by atoms with Crippen molar-refractivity contribution in [3.63, 3.8) is 0 Å². The van der Waals surface area contributed by atoms with Crippen LogP contribution in [0, 0.1) is 0 Å². The van der Waals surface area contributed by atoms with Crippen molar-refractivity contribution < 1.29 is 14.7 Å². The minimum Gasteiger partial charge on any atom is -0.480 e. The summed E-state index contributed by atoms with van der Waals surface area (Å²) in [5.41, 5.74) is 0. The number of carbonyl (C=O) groups excluding carboxylic acids is 1. The lowest BCUT2D eigenvalue weighted by atomic mass is 9.97. The van der Waals surface area contributed by atoms with Gasteiger partial charge >= 0.3 is 5.97 Å². The number of rotatable bonds is 7. The highest BCUT2D eigenvalue weighted by atomic mass is 16.4. The van der Waals surface area contributed by atoms with E-state index < -0.39 is 5.97 Å². The molecule has 2 heterocycles. The summed E-state index contributed by atoms with van der Waals surface area (Å²) < 4.78 is 0. The first-order valence-electron chi connectivity index (χ1n) is 9.98. The van der Waals surface area contributed by atoms with E-state index in [-0.39, 0.29) is 18.5 Å². The van der Waals surface area contributed by atoms with E-state index in [1.165, 1.54) is 6.42 Å². The van der Waals surface area contributed by atoms with E-state index in [1.807, 2.05) is 18.7 Å². The Morgan fingerprint density at radius 3 is 2.36 bits per heavy atom. The monoisotopic (exact) mass is 353 g/mol. The Morgan fingerprint density at radius 2 is 1.80 bits per heavy atom. The second-order valence-electron chi connectivity index (χ2n) is 7.49. The van der Waals surface area contributed by atoms with E-state index in [1.54, 1.807) is 0 Å². The lowest BCUT2D eigenvalue weighted by Gasteiger charge is -2.42. The van der Waals surface area contributed by atoms with E-state index in [0.29, 0.717) is 12.1 Å². The van der Waals surface area contributed by atoms with Crippen molar-refractivity contribution in [3.8, 4) is 0 Å². The number of piperidine rings is 2. The molecule has 2 saturated heterocycles. The number of likely N-dealkylation sites (N-methyl/N-ethyl adjacent to an activating group) is 1. The Kier molecular flexibility index (Phi) is 7.69. The van der Waals surface area contributed by atoms with Crippen LogP contribution in [0.15, 0.2) is 0 Å². The fourth-order valence-corrected chi connectivity index (χ4v) is 4.42. The molecule has 2 aliphatic rings. The lowest BCUT2D eigenvalue weighted by molar-refractivity contribution is -0.141. The van der Waals surface area contributed by atoms with Gasteiger partial charge in [-0.3, -0.25) is 19.4 Å². The van der Waals surface area contributed by atoms with Crippen LogP contribution in [0.25, 0.3) is 0 Å². The van der Waals surface area contributed by atoms with Crippen LogP contribution in [0.2, 0.25) is 0 Å². The Bertz CT molecular complexity index is 449. The summed E-state index contributed by atoms with van der Waals surface area (Å²) in [5.74, 6) is -0.480. The van der Waals surface area contributed by atoms with Crippen molar-refractivity contribution in [1.29, 1.82) is 0 Å². The van der Waals surface area contributed by atoms with Crippen molar-refractivity contribution in [2.24, 2.45) is 0 Å². The summed E-state index contributed by atoms with van der Waals surface area (Å²) in [6.45, 7) is 9.76. The summed E-state index contributed by atoms with van der Waals surface area (Å²) >= 11 is 0. The molecule has 0 saturated carbocycles. The van der Waals surface area contributed by atoms with Crippen molar-refractivity contribution in [1.82, 2.24) is 14.7 Å². The molecule has 0 aromatic rings. The number of carboxylic acids is 1. The molecule has 0 bridgehead atoms. The summed E-state index contributed by atoms with van der Waals surface area (Å²) in [6, 6.07) is 0.660. The summed E-state index contributed by atoms with van der Waals surface area (Å²) in [4.78, 5) is 30.4. The van der Waals surface area contributed by atoms with Gasteiger partial charge in [0.25, 0.3) is 0 Å². The molecule has 6 nitrogen and oxygen atoms in total. The fraction of sp³-hybridized carbons (Fsp3) is 0.895. The van der Waals surface area contributed by atoms with Crippen LogP contribution in [0.5, 0.6) is 0 Å². The van der Waals surface area contributed by atoms with Gasteiger partial charge in [-0.2, -0.15) is 0 Å². The highest BCUT2D eigenvalue weighted by molar-refractivity contribution is 5.82. The predicted octanol–water partition coefficient (Wildman–Crippen LogP) is 2.04. The Balaban J connectivity index is 1.88. The third kappa shape index (κ3) is 5.17. The number of likely N-dealkylation sites (tertiary alicyclic amines) is 2. The Hall–Kier alpha value is -1.14. The number of carboxylic acid groups (broad SMARTS) is 1. The van der Waals surface area contributed by atoms with Gasteiger partial charge in [-0.05, 0) is 52.0 Å². The molecule has 2 aliphatic heterocycles. The van der Waals surface area contributed by atoms with Gasteiger partial charge in [0.05, 0.1) is 12.6 Å². The van der Waals surface area contributed by atoms with E-state index in [0.717, 1.165) is 58.3 Å². The van der Waals surface area contributed by atoms with E-state index in [4.69, 9.17) is 5.11 Å². The first kappa shape index (κ1) is 20.2. The number of carbonyl (C=O) groups is 2. The zero-order valence-corrected chi connectivity index (χ0v) is 16.1. The standard InChI is InChI=1S/C19H35N3O3/c1-4-16-8-6-7-11-22(16)19(25)15(3)21-12-9-17(10-13-21)20(5-2)14-18(23)24/h15-17H,4-14H2,1-3H3,(H,23,24). The van der Waals surface area contributed by atoms with Crippen LogP contribution in [0.3, 0.4) is 0 Å². The number of hydrogen-bond donors (Lipinski definition) is 1. The minimum atomic E-state index is -0.761. The molecule has 0 aliphatic carbocycles. The average molecular weight is 354 g/mol. The molecule has 2 unspecified atom stereocenters. The topological polar surface area (TPSA) is 64.1 Å². The molecule has 2 atom stereocenters. The average Bonchev–Trinajstić information content (AvgIpc) is 2.64. The third-order valence-electron chi connectivity index (χ3n) is 6.05. The number of hydrogen-bond acceptors (Lipinski definition) is 4. The summed E-state index contributed by atoms with van der Waals surface area (Å²) in [5, 5.41) is 9.05. The van der Waals surface area contributed by atoms with Crippen molar-refractivity contribution in [3.05, 3.63) is 0 Å². The smallest absolute Gasteiger partial charge is 0.317 e. The van der Waals surface area contributed by atoms with Gasteiger partial charge in [-0.15, -0.1) is 0 Å². The van der Waals surface area contributed by atoms with Crippen LogP contribution in [-0.2, 0) is 9.59 Å². The number of aliphatic carboxylic acids is 1. The molecule has 144 valence electrons. The highest BCUT2D eigenvalue weighted by Gasteiger charge is 2.34. The second-order valence-corrected chi connectivity index (χ2v) is 7.49. The molecule has 1 N–H and O–H groups in total. The first-order valence-corrected chi connectivity index (χ1v) is 9.98. The largest absolute Gasteiger partial charge is 0.480 e. The van der Waals surface area contributed by atoms with Gasteiger partial charge in [-0.25, -0.2) is 0 Å². The van der Waals surface area contributed by atoms with E-state index in [2.05, 4.69) is 16.7 Å². The van der Waals surface area contributed by atoms with Gasteiger partial charge in [-0.1, -0.05) is 13.8 Å². The van der Waals surface area contributed by atoms with Crippen molar-refractivity contribution >= 4 is 11.9 Å². The van der Waals surface area contributed by atoms with Gasteiger partial charge in [0.15, 0.2) is 0 Å². The van der Waals surface area contributed by atoms with Gasteiger partial charge in [0, 0.05) is 31.7 Å². The fourth-order valence-electron chi connectivity index (χ4n) is 4.42. The normalized spacial score (nSPS) is 24.5. The maximum absolute atomic E-state index is 13.0. The van der Waals surface area contributed by atoms with Crippen LogP contribution in [0.1, 0.15) is 59.3 Å². The van der Waals surface area contributed by atoms with Crippen molar-refractivity contribution in [2.75, 3.05) is 32.7 Å². The van der Waals surface area contributed by atoms with Crippen LogP contribution in [-0.4, -0.2) is 82.5 Å². The Morgan fingerprint density at radius 1 is 1.12 bits per heavy atom. The van der Waals surface area contributed by atoms with Gasteiger partial charge in [0.2, 0.25) is 5.91 Å². The van der Waals surface area contributed by atoms with E-state index >= 15 is 0 Å². The maximum Gasteiger partial charge on any atom is 0.317 e. The molecule has 0 spiro atoms. The lowest BCUT2D eigenvalue weighted by Crippen LogP contribution is -2.55. The molecule has 2 rings (SSSR count). The number of nitrogens with zero attached hydrogens (tertiary/aromatic N) is 3. The molecular formula is C19H35N3O3. The molecule has 0 radical (unpaired) electrons. The van der Waals surface area contributed by atoms with E-state index in [9.17, 15) is 9.59 Å². The van der Waals surface area contributed by atoms with Crippen LogP contribution in [0.4, 0.5) is 0 Å². The van der Waals surface area contributed by atoms with Gasteiger partial charge < -0.3 is 10.0 Å². The molecule has 25 heavy (non-hydrogen) atoms. The predicted molar refractivity (Wildman–Crippen MR) is 98.6 cm³/mol. The molecule has 0 aromatic heterocycles. The number of amides is 1. The third-order valence-corrected chi connectivity index (χ3v) is 6.05. The first-order chi connectivity index (χ1) is 12.0. The quantitative estimate of drug-likeness (QED) is 0.759. The molecule has 1 amide bonds. The highest BCUT2D eigenvalue weighted by Crippen LogP contribution is 2.23. The summed E-state index contributed by atoms with van der Waals surface area (Å²) in [7, 11) is 0. The van der Waals surface area contributed by atoms with Gasteiger partial charge in [0.1, 0.15) is 0 Å². The minimum absolute atomic E-state index is 0.0670. The molecule has 0 aromatic carbocycles. The van der Waals surface area contributed by atoms with Crippen LogP contribution < -0.4 is 0 Å². The molecular weight excluding hydrogens is 318 g/mol. The molecule has 2 fully saturated rings. The Labute approximate surface area is 152 Å². The molecule has 6 heteroatoms. The zero-order chi connectivity index (χ0) is 18.4. The van der Waals surface area contributed by atoms with Crippen molar-refractivity contribution in [2.45, 2.75) is 77.4 Å². The maximum atomic E-state index is 13.0. The SMILES string of the molecule is CCC1CCCCN1C(=O)C(C)N1CCC(N(CC)CC(=O)O)CC1. The summed E-state index contributed by atoms with van der Waals surface area (Å²) in [6.07, 6.45) is 6.42. The second kappa shape index (κ2) is 9.53.